The van der Waals surface area contributed by atoms with E-state index in [4.69, 9.17) is 11.6 Å². The summed E-state index contributed by atoms with van der Waals surface area (Å²) in [7, 11) is -4.01. The summed E-state index contributed by atoms with van der Waals surface area (Å²) in [5.41, 5.74) is 1.30. The molecule has 1 aliphatic heterocycles. The Hall–Kier alpha value is -3.00. The molecular formula is C24H21ClN2O4S. The molecule has 32 heavy (non-hydrogen) atoms. The van der Waals surface area contributed by atoms with Crippen LogP contribution in [0.25, 0.3) is 0 Å². The highest BCUT2D eigenvalue weighted by Crippen LogP contribution is 2.30. The van der Waals surface area contributed by atoms with Crippen LogP contribution in [-0.2, 0) is 26.0 Å². The van der Waals surface area contributed by atoms with Crippen molar-refractivity contribution in [3.05, 3.63) is 95.5 Å². The summed E-state index contributed by atoms with van der Waals surface area (Å²) < 4.78 is 28.2. The van der Waals surface area contributed by atoms with E-state index in [1.165, 1.54) is 12.1 Å². The van der Waals surface area contributed by atoms with Crippen molar-refractivity contribution >= 4 is 39.1 Å². The summed E-state index contributed by atoms with van der Waals surface area (Å²) in [6, 6.07) is 22.6. The van der Waals surface area contributed by atoms with Gasteiger partial charge in [-0.3, -0.25) is 9.59 Å². The maximum atomic E-state index is 13.5. The predicted molar refractivity (Wildman–Crippen MR) is 123 cm³/mol. The number of nitrogens with zero attached hydrogens (tertiary/aromatic N) is 2. The monoisotopic (exact) mass is 468 g/mol. The number of imide groups is 1. The van der Waals surface area contributed by atoms with Gasteiger partial charge < -0.3 is 0 Å². The number of sulfonamides is 1. The van der Waals surface area contributed by atoms with Crippen molar-refractivity contribution in [1.82, 2.24) is 4.31 Å². The molecule has 0 aliphatic carbocycles. The minimum atomic E-state index is -4.01. The lowest BCUT2D eigenvalue weighted by Gasteiger charge is -2.27. The van der Waals surface area contributed by atoms with Crippen LogP contribution in [0.4, 0.5) is 5.69 Å². The molecule has 8 heteroatoms. The summed E-state index contributed by atoms with van der Waals surface area (Å²) in [5, 5.41) is 0.473. The molecule has 0 aromatic heterocycles. The Morgan fingerprint density at radius 3 is 2.09 bits per heavy atom. The van der Waals surface area contributed by atoms with E-state index in [1.807, 2.05) is 30.3 Å². The first-order valence-corrected chi connectivity index (χ1v) is 11.9. The van der Waals surface area contributed by atoms with Crippen LogP contribution in [0.2, 0.25) is 5.02 Å². The highest BCUT2D eigenvalue weighted by atomic mass is 35.5. The van der Waals surface area contributed by atoms with Gasteiger partial charge in [-0.05, 0) is 48.4 Å². The summed E-state index contributed by atoms with van der Waals surface area (Å²) in [4.78, 5) is 27.2. The van der Waals surface area contributed by atoms with Crippen LogP contribution >= 0.6 is 11.6 Å². The second kappa shape index (κ2) is 9.24. The zero-order valence-electron chi connectivity index (χ0n) is 17.1. The van der Waals surface area contributed by atoms with Crippen molar-refractivity contribution in [3.63, 3.8) is 0 Å². The van der Waals surface area contributed by atoms with E-state index in [9.17, 15) is 18.0 Å². The highest BCUT2D eigenvalue weighted by molar-refractivity contribution is 7.89. The van der Waals surface area contributed by atoms with Gasteiger partial charge in [-0.25, -0.2) is 13.3 Å². The molecule has 3 aromatic carbocycles. The summed E-state index contributed by atoms with van der Waals surface area (Å²) in [6.45, 7) is 0.0688. The van der Waals surface area contributed by atoms with Crippen molar-refractivity contribution < 1.29 is 18.0 Å². The van der Waals surface area contributed by atoms with Gasteiger partial charge in [-0.15, -0.1) is 0 Å². The number of rotatable bonds is 7. The van der Waals surface area contributed by atoms with Crippen LogP contribution in [0, 0.1) is 0 Å². The minimum absolute atomic E-state index is 0.0688. The number of benzene rings is 3. The minimum Gasteiger partial charge on any atom is -0.274 e. The third kappa shape index (κ3) is 4.46. The van der Waals surface area contributed by atoms with Crippen molar-refractivity contribution in [2.45, 2.75) is 23.8 Å². The van der Waals surface area contributed by atoms with Gasteiger partial charge >= 0.3 is 0 Å². The molecule has 1 unspecified atom stereocenters. The molecule has 1 heterocycles. The fourth-order valence-corrected chi connectivity index (χ4v) is 5.49. The number of anilines is 1. The number of carbonyl (C=O) groups excluding carboxylic acids is 2. The molecule has 1 atom stereocenters. The van der Waals surface area contributed by atoms with Crippen molar-refractivity contribution in [2.75, 3.05) is 11.4 Å². The van der Waals surface area contributed by atoms with Gasteiger partial charge in [0.1, 0.15) is 6.04 Å². The average molecular weight is 469 g/mol. The maximum absolute atomic E-state index is 13.5. The van der Waals surface area contributed by atoms with Crippen molar-refractivity contribution in [3.8, 4) is 0 Å². The van der Waals surface area contributed by atoms with Gasteiger partial charge in [0.25, 0.3) is 5.91 Å². The van der Waals surface area contributed by atoms with Crippen LogP contribution in [-0.4, -0.2) is 37.1 Å². The average Bonchev–Trinajstić information content (AvgIpc) is 3.09. The third-order valence-corrected chi connectivity index (χ3v) is 7.54. The number of amides is 2. The van der Waals surface area contributed by atoms with Gasteiger partial charge in [-0.1, -0.05) is 60.1 Å². The van der Waals surface area contributed by atoms with Crippen molar-refractivity contribution in [2.24, 2.45) is 0 Å². The second-order valence-electron chi connectivity index (χ2n) is 7.43. The zero-order chi connectivity index (χ0) is 22.7. The molecule has 0 radical (unpaired) electrons. The number of hydrogen-bond donors (Lipinski definition) is 0. The van der Waals surface area contributed by atoms with E-state index >= 15 is 0 Å². The second-order valence-corrected chi connectivity index (χ2v) is 9.76. The summed E-state index contributed by atoms with van der Waals surface area (Å²) in [5.74, 6) is -1.01. The molecule has 2 amide bonds. The fraction of sp³-hybridized carbons (Fsp3) is 0.167. The summed E-state index contributed by atoms with van der Waals surface area (Å²) in [6.07, 6.45) is 0.189. The quantitative estimate of drug-likeness (QED) is 0.493. The van der Waals surface area contributed by atoms with E-state index in [2.05, 4.69) is 0 Å². The Morgan fingerprint density at radius 1 is 0.875 bits per heavy atom. The normalized spacial score (nSPS) is 16.7. The SMILES string of the molecule is O=C1CC(N(CCc2ccccc2)S(=O)(=O)c2ccccc2)C(=O)N1c1ccc(Cl)cc1. The number of halogens is 1. The molecule has 1 fully saturated rings. The van der Waals surface area contributed by atoms with Crippen LogP contribution in [0.3, 0.4) is 0 Å². The molecule has 1 saturated heterocycles. The Kier molecular flexibility index (Phi) is 6.41. The van der Waals surface area contributed by atoms with E-state index < -0.39 is 27.9 Å². The molecular weight excluding hydrogens is 448 g/mol. The molecule has 3 aromatic rings. The smallest absolute Gasteiger partial charge is 0.252 e. The van der Waals surface area contributed by atoms with Gasteiger partial charge in [0, 0.05) is 11.6 Å². The van der Waals surface area contributed by atoms with Gasteiger partial charge in [0.05, 0.1) is 17.0 Å². The Balaban J connectivity index is 1.68. The fourth-order valence-electron chi connectivity index (χ4n) is 3.76. The molecule has 0 bridgehead atoms. The van der Waals surface area contributed by atoms with Crippen LogP contribution in [0.15, 0.2) is 89.8 Å². The topological polar surface area (TPSA) is 74.8 Å². The van der Waals surface area contributed by atoms with Crippen LogP contribution in [0.5, 0.6) is 0 Å². The first-order valence-electron chi connectivity index (χ1n) is 10.1. The Bertz CT molecular complexity index is 1220. The number of carbonyl (C=O) groups is 2. The van der Waals surface area contributed by atoms with E-state index in [-0.39, 0.29) is 17.9 Å². The van der Waals surface area contributed by atoms with Gasteiger partial charge in [0.15, 0.2) is 0 Å². The Morgan fingerprint density at radius 2 is 1.47 bits per heavy atom. The van der Waals surface area contributed by atoms with Crippen molar-refractivity contribution in [1.29, 1.82) is 0 Å². The molecule has 164 valence electrons. The lowest BCUT2D eigenvalue weighted by molar-refractivity contribution is -0.122. The Labute approximate surface area is 192 Å². The van der Waals surface area contributed by atoms with Gasteiger partial charge in [0.2, 0.25) is 15.9 Å². The van der Waals surface area contributed by atoms with Gasteiger partial charge in [-0.2, -0.15) is 4.31 Å². The maximum Gasteiger partial charge on any atom is 0.252 e. The molecule has 0 saturated carbocycles. The molecule has 6 nitrogen and oxygen atoms in total. The number of hydrogen-bond acceptors (Lipinski definition) is 4. The van der Waals surface area contributed by atoms with Crippen LogP contribution < -0.4 is 4.90 Å². The van der Waals surface area contributed by atoms with Crippen LogP contribution in [0.1, 0.15) is 12.0 Å². The lowest BCUT2D eigenvalue weighted by Crippen LogP contribution is -2.46. The largest absolute Gasteiger partial charge is 0.274 e. The van der Waals surface area contributed by atoms with E-state index in [0.717, 1.165) is 14.8 Å². The summed E-state index contributed by atoms with van der Waals surface area (Å²) >= 11 is 5.92. The van der Waals surface area contributed by atoms with E-state index in [0.29, 0.717) is 17.1 Å². The first-order chi connectivity index (χ1) is 15.4. The highest BCUT2D eigenvalue weighted by Gasteiger charge is 2.46. The molecule has 4 rings (SSSR count). The molecule has 0 N–H and O–H groups in total. The lowest BCUT2D eigenvalue weighted by atomic mass is 10.1. The molecule has 0 spiro atoms. The third-order valence-electron chi connectivity index (χ3n) is 5.37. The standard InChI is InChI=1S/C24H21ClN2O4S/c25-19-11-13-20(14-12-19)27-23(28)17-22(24(27)29)26(16-15-18-7-3-1-4-8-18)32(30,31)21-9-5-2-6-10-21/h1-14,22H,15-17H2. The predicted octanol–water partition coefficient (Wildman–Crippen LogP) is 3.91. The zero-order valence-corrected chi connectivity index (χ0v) is 18.7. The first kappa shape index (κ1) is 22.2. The molecule has 1 aliphatic rings. The van der Waals surface area contributed by atoms with E-state index in [1.54, 1.807) is 42.5 Å².